The van der Waals surface area contributed by atoms with Gasteiger partial charge in [-0.05, 0) is 55.9 Å². The Hall–Kier alpha value is -4.43. The highest BCUT2D eigenvalue weighted by Crippen LogP contribution is 2.50. The molecule has 5 aliphatic heterocycles. The van der Waals surface area contributed by atoms with Crippen LogP contribution in [0.1, 0.15) is 55.2 Å². The van der Waals surface area contributed by atoms with Crippen molar-refractivity contribution in [3.8, 4) is 29.3 Å². The van der Waals surface area contributed by atoms with Crippen LogP contribution in [0.4, 0.5) is 24.0 Å². The van der Waals surface area contributed by atoms with Gasteiger partial charge in [0, 0.05) is 54.1 Å². The Morgan fingerprint density at radius 2 is 1.96 bits per heavy atom. The molecule has 9 nitrogen and oxygen atoms in total. The highest BCUT2D eigenvalue weighted by molar-refractivity contribution is 7.23. The van der Waals surface area contributed by atoms with Gasteiger partial charge in [-0.1, -0.05) is 12.6 Å². The van der Waals surface area contributed by atoms with Crippen molar-refractivity contribution in [2.45, 2.75) is 68.4 Å². The van der Waals surface area contributed by atoms with E-state index in [4.69, 9.17) is 15.5 Å². The standard InChI is InChI=1S/C35H31F3N8OS/c1-16-9-24-23-6-3-18(42-23)14-46(24)33-28-25(16)20(11-39)26(19-4-5-22(37)31-27(19)21(12-40)32(41)48-31)29(38)30(28)43-34(44-33)47-15-35-7-2-8-45(35)13-17(36)10-35/h4-5,17-18,23-24,42H,1-3,6-10,13-15,41H2/t17-,18-,23+,24-,35?/m1/s1. The third kappa shape index (κ3) is 4.08. The first-order valence-corrected chi connectivity index (χ1v) is 17.1. The highest BCUT2D eigenvalue weighted by Gasteiger charge is 2.50. The Morgan fingerprint density at radius 3 is 2.77 bits per heavy atom. The zero-order valence-corrected chi connectivity index (χ0v) is 26.8. The summed E-state index contributed by atoms with van der Waals surface area (Å²) >= 11 is 0.905. The van der Waals surface area contributed by atoms with Crippen LogP contribution in [-0.4, -0.2) is 70.9 Å². The third-order valence-electron chi connectivity index (χ3n) is 11.2. The molecule has 4 saturated heterocycles. The van der Waals surface area contributed by atoms with E-state index in [1.807, 2.05) is 6.07 Å². The van der Waals surface area contributed by atoms with Gasteiger partial charge in [-0.15, -0.1) is 11.3 Å². The summed E-state index contributed by atoms with van der Waals surface area (Å²) in [5, 5.41) is 25.1. The first kappa shape index (κ1) is 29.7. The number of aromatic nitrogens is 2. The van der Waals surface area contributed by atoms with Crippen LogP contribution in [0.2, 0.25) is 0 Å². The number of piperazine rings is 1. The van der Waals surface area contributed by atoms with E-state index >= 15 is 8.78 Å². The molecule has 0 spiro atoms. The molecule has 13 heteroatoms. The number of halogens is 3. The number of nitrogens with one attached hydrogen (secondary N) is 1. The molecule has 9 rings (SSSR count). The molecule has 2 aromatic heterocycles. The lowest BCUT2D eigenvalue weighted by Gasteiger charge is -2.41. The topological polar surface area (TPSA) is 127 Å². The predicted molar refractivity (Wildman–Crippen MR) is 177 cm³/mol. The molecule has 0 amide bonds. The molecule has 3 N–H and O–H groups in total. The summed E-state index contributed by atoms with van der Waals surface area (Å²) in [5.74, 6) is -0.932. The number of nitrogen functional groups attached to an aromatic ring is 1. The lowest BCUT2D eigenvalue weighted by Crippen LogP contribution is -2.58. The highest BCUT2D eigenvalue weighted by atomic mass is 32.1. The van der Waals surface area contributed by atoms with E-state index < -0.39 is 23.3 Å². The number of hydrogen-bond donors (Lipinski definition) is 2. The molecule has 0 aliphatic carbocycles. The SMILES string of the molecule is C=C1C[C@@H]2[C@@H]3CC[C@H](CN2c2nc(OCC45CCCN4C[C@H](F)C5)nc4c(F)c(-c5ccc(F)c6sc(N)c(C#N)c56)c(C#N)c1c24)N3. The molecule has 0 saturated carbocycles. The average Bonchev–Trinajstić information content (AvgIpc) is 3.80. The first-order valence-electron chi connectivity index (χ1n) is 16.3. The van der Waals surface area contributed by atoms with Crippen molar-refractivity contribution in [3.63, 3.8) is 0 Å². The number of alkyl halides is 1. The van der Waals surface area contributed by atoms with Gasteiger partial charge in [0.05, 0.1) is 26.8 Å². The number of hydrogen-bond acceptors (Lipinski definition) is 10. The van der Waals surface area contributed by atoms with Crippen LogP contribution < -0.4 is 20.7 Å². The van der Waals surface area contributed by atoms with Crippen molar-refractivity contribution in [3.05, 3.63) is 47.0 Å². The van der Waals surface area contributed by atoms with Crippen LogP contribution in [0.15, 0.2) is 18.7 Å². The summed E-state index contributed by atoms with van der Waals surface area (Å²) in [6.45, 7) is 6.38. The van der Waals surface area contributed by atoms with E-state index in [0.717, 1.165) is 43.6 Å². The van der Waals surface area contributed by atoms with Crippen molar-refractivity contribution < 1.29 is 17.9 Å². The number of ether oxygens (including phenoxy) is 1. The number of fused-ring (bicyclic) bond motifs is 7. The molecule has 4 fully saturated rings. The zero-order chi connectivity index (χ0) is 33.1. The molecule has 244 valence electrons. The molecule has 5 aliphatic rings. The van der Waals surface area contributed by atoms with E-state index in [9.17, 15) is 14.9 Å². The summed E-state index contributed by atoms with van der Waals surface area (Å²) in [6, 6.07) is 7.15. The minimum Gasteiger partial charge on any atom is -0.461 e. The molecular weight excluding hydrogens is 638 g/mol. The Labute approximate surface area is 278 Å². The minimum atomic E-state index is -0.942. The smallest absolute Gasteiger partial charge is 0.319 e. The molecule has 5 atom stereocenters. The van der Waals surface area contributed by atoms with E-state index in [1.165, 1.54) is 12.1 Å². The Balaban J connectivity index is 1.31. The second-order valence-electron chi connectivity index (χ2n) is 13.8. The largest absolute Gasteiger partial charge is 0.461 e. The van der Waals surface area contributed by atoms with Crippen molar-refractivity contribution in [1.82, 2.24) is 20.2 Å². The van der Waals surface area contributed by atoms with Crippen LogP contribution >= 0.6 is 11.3 Å². The monoisotopic (exact) mass is 668 g/mol. The van der Waals surface area contributed by atoms with Crippen LogP contribution in [0.25, 0.3) is 37.7 Å². The van der Waals surface area contributed by atoms with Gasteiger partial charge in [-0.3, -0.25) is 4.90 Å². The van der Waals surface area contributed by atoms with Crippen LogP contribution in [0.3, 0.4) is 0 Å². The van der Waals surface area contributed by atoms with Gasteiger partial charge in [-0.25, -0.2) is 13.2 Å². The number of benzene rings is 2. The van der Waals surface area contributed by atoms with Crippen LogP contribution in [-0.2, 0) is 0 Å². The number of nitrogens with zero attached hydrogens (tertiary/aromatic N) is 6. The Morgan fingerprint density at radius 1 is 1.12 bits per heavy atom. The number of nitriles is 2. The van der Waals surface area contributed by atoms with Gasteiger partial charge in [0.2, 0.25) is 0 Å². The summed E-state index contributed by atoms with van der Waals surface area (Å²) in [6.07, 6.45) is 3.60. The molecular formula is C35H31F3N8OS. The van der Waals surface area contributed by atoms with Crippen molar-refractivity contribution in [1.29, 1.82) is 10.5 Å². The van der Waals surface area contributed by atoms with Gasteiger partial charge in [-0.2, -0.15) is 20.5 Å². The summed E-state index contributed by atoms with van der Waals surface area (Å²) < 4.78 is 53.5. The van der Waals surface area contributed by atoms with Gasteiger partial charge in [0.1, 0.15) is 47.1 Å². The van der Waals surface area contributed by atoms with E-state index in [1.54, 1.807) is 0 Å². The van der Waals surface area contributed by atoms with E-state index in [-0.39, 0.29) is 73.6 Å². The fraction of sp³-hybridized carbons (Fsp3) is 0.429. The lowest BCUT2D eigenvalue weighted by molar-refractivity contribution is 0.107. The molecule has 1 unspecified atom stereocenters. The normalized spacial score (nSPS) is 27.6. The molecule has 48 heavy (non-hydrogen) atoms. The molecule has 4 aromatic rings. The van der Waals surface area contributed by atoms with Crippen LogP contribution in [0.5, 0.6) is 6.01 Å². The van der Waals surface area contributed by atoms with Gasteiger partial charge in [0.15, 0.2) is 5.82 Å². The Kier molecular flexibility index (Phi) is 6.52. The minimum absolute atomic E-state index is 0.0171. The molecule has 2 bridgehead atoms. The van der Waals surface area contributed by atoms with Crippen molar-refractivity contribution in [2.75, 3.05) is 36.9 Å². The summed E-state index contributed by atoms with van der Waals surface area (Å²) in [5.41, 5.74) is 6.79. The first-order chi connectivity index (χ1) is 23.2. The van der Waals surface area contributed by atoms with Crippen molar-refractivity contribution >= 4 is 48.7 Å². The lowest BCUT2D eigenvalue weighted by atomic mass is 9.86. The van der Waals surface area contributed by atoms with Gasteiger partial charge >= 0.3 is 6.01 Å². The van der Waals surface area contributed by atoms with Gasteiger partial charge < -0.3 is 20.7 Å². The van der Waals surface area contributed by atoms with Crippen LogP contribution in [0, 0.1) is 34.3 Å². The second kappa shape index (κ2) is 10.5. The number of rotatable bonds is 4. The molecule has 0 radical (unpaired) electrons. The predicted octanol–water partition coefficient (Wildman–Crippen LogP) is 5.80. The van der Waals surface area contributed by atoms with Crippen molar-refractivity contribution in [2.24, 2.45) is 0 Å². The fourth-order valence-corrected chi connectivity index (χ4v) is 10.1. The third-order valence-corrected chi connectivity index (χ3v) is 12.3. The maximum Gasteiger partial charge on any atom is 0.319 e. The van der Waals surface area contributed by atoms with E-state index in [2.05, 4.69) is 32.7 Å². The average molecular weight is 669 g/mol. The van der Waals surface area contributed by atoms with E-state index in [0.29, 0.717) is 48.3 Å². The number of anilines is 2. The maximum absolute atomic E-state index is 17.4. The number of thiophene rings is 1. The summed E-state index contributed by atoms with van der Waals surface area (Å²) in [4.78, 5) is 13.9. The maximum atomic E-state index is 17.4. The quantitative estimate of drug-likeness (QED) is 0.278. The Bertz CT molecular complexity index is 2170. The molecule has 2 aromatic carbocycles. The molecule has 7 heterocycles. The number of nitrogens with two attached hydrogens (primary N) is 1. The van der Waals surface area contributed by atoms with Gasteiger partial charge in [0.25, 0.3) is 0 Å². The fourth-order valence-electron chi connectivity index (χ4n) is 9.18. The zero-order valence-electron chi connectivity index (χ0n) is 26.0. The second-order valence-corrected chi connectivity index (χ2v) is 14.8. The summed E-state index contributed by atoms with van der Waals surface area (Å²) in [7, 11) is 0.